The van der Waals surface area contributed by atoms with Crippen LogP contribution in [0.15, 0.2) is 24.3 Å². The standard InChI is InChI=1S/C14H19ClO.C3H8O2S/c1-11-4-2-3-5-12(11)10-16-14-8-6-13(15)7-9-14;1-3-6(2,4)5/h6-9,11-12H,2-5,10H2,1H3;3H2,1-2H3/t11?,12-;/m1./s1. The molecule has 5 heteroatoms. The molecule has 0 N–H and O–H groups in total. The number of ether oxygens (including phenoxy) is 1. The van der Waals surface area contributed by atoms with Crippen molar-refractivity contribution in [3.63, 3.8) is 0 Å². The van der Waals surface area contributed by atoms with Gasteiger partial charge in [0.05, 0.1) is 6.61 Å². The van der Waals surface area contributed by atoms with E-state index in [1.807, 2.05) is 24.3 Å². The number of hydrogen-bond donors (Lipinski definition) is 0. The van der Waals surface area contributed by atoms with Gasteiger partial charge >= 0.3 is 0 Å². The molecule has 0 spiro atoms. The Kier molecular flexibility index (Phi) is 8.26. The van der Waals surface area contributed by atoms with E-state index in [1.54, 1.807) is 6.92 Å². The monoisotopic (exact) mass is 346 g/mol. The highest BCUT2D eigenvalue weighted by Crippen LogP contribution is 2.30. The largest absolute Gasteiger partial charge is 0.493 e. The molecule has 0 amide bonds. The maximum atomic E-state index is 10.0. The Labute approximate surface area is 139 Å². The Morgan fingerprint density at radius 1 is 1.18 bits per heavy atom. The molecule has 1 unspecified atom stereocenters. The first-order valence-corrected chi connectivity index (χ1v) is 10.3. The van der Waals surface area contributed by atoms with Crippen LogP contribution < -0.4 is 4.74 Å². The summed E-state index contributed by atoms with van der Waals surface area (Å²) < 4.78 is 25.8. The van der Waals surface area contributed by atoms with Gasteiger partial charge < -0.3 is 4.74 Å². The van der Waals surface area contributed by atoms with E-state index in [0.29, 0.717) is 0 Å². The predicted molar refractivity (Wildman–Crippen MR) is 93.5 cm³/mol. The van der Waals surface area contributed by atoms with Crippen molar-refractivity contribution in [3.8, 4) is 5.75 Å². The van der Waals surface area contributed by atoms with Crippen LogP contribution in [0.25, 0.3) is 0 Å². The van der Waals surface area contributed by atoms with Crippen LogP contribution in [-0.2, 0) is 9.84 Å². The summed E-state index contributed by atoms with van der Waals surface area (Å²) in [5.41, 5.74) is 0. The van der Waals surface area contributed by atoms with E-state index in [1.165, 1.54) is 31.9 Å². The minimum Gasteiger partial charge on any atom is -0.493 e. The quantitative estimate of drug-likeness (QED) is 0.800. The Morgan fingerprint density at radius 2 is 1.73 bits per heavy atom. The summed E-state index contributed by atoms with van der Waals surface area (Å²) in [5.74, 6) is 2.71. The molecule has 1 aliphatic carbocycles. The molecule has 0 aromatic heterocycles. The van der Waals surface area contributed by atoms with E-state index in [-0.39, 0.29) is 5.75 Å². The maximum Gasteiger partial charge on any atom is 0.147 e. The molecule has 1 saturated carbocycles. The topological polar surface area (TPSA) is 43.4 Å². The van der Waals surface area contributed by atoms with Crippen LogP contribution in [0, 0.1) is 11.8 Å². The van der Waals surface area contributed by atoms with Crippen molar-refractivity contribution in [1.29, 1.82) is 0 Å². The first-order valence-electron chi connectivity index (χ1n) is 7.88. The second kappa shape index (κ2) is 9.41. The van der Waals surface area contributed by atoms with E-state index < -0.39 is 9.84 Å². The lowest BCUT2D eigenvalue weighted by molar-refractivity contribution is 0.159. The minimum absolute atomic E-state index is 0.243. The average molecular weight is 347 g/mol. The summed E-state index contributed by atoms with van der Waals surface area (Å²) in [6.07, 6.45) is 6.63. The highest BCUT2D eigenvalue weighted by atomic mass is 35.5. The molecule has 1 aliphatic rings. The third-order valence-electron chi connectivity index (χ3n) is 4.09. The van der Waals surface area contributed by atoms with Gasteiger partial charge in [-0.15, -0.1) is 0 Å². The van der Waals surface area contributed by atoms with Crippen molar-refractivity contribution in [2.45, 2.75) is 39.5 Å². The Hall–Kier alpha value is -0.740. The third-order valence-corrected chi connectivity index (χ3v) is 5.39. The zero-order valence-electron chi connectivity index (χ0n) is 13.7. The van der Waals surface area contributed by atoms with Gasteiger partial charge in [0.25, 0.3) is 0 Å². The fraction of sp³-hybridized carbons (Fsp3) is 0.647. The molecule has 1 aromatic carbocycles. The van der Waals surface area contributed by atoms with Crippen molar-refractivity contribution >= 4 is 21.4 Å². The van der Waals surface area contributed by atoms with Crippen LogP contribution in [0.3, 0.4) is 0 Å². The van der Waals surface area contributed by atoms with Crippen LogP contribution in [-0.4, -0.2) is 27.0 Å². The van der Waals surface area contributed by atoms with E-state index in [4.69, 9.17) is 16.3 Å². The second-order valence-electron chi connectivity index (χ2n) is 6.00. The van der Waals surface area contributed by atoms with Crippen molar-refractivity contribution in [2.24, 2.45) is 11.8 Å². The number of halogens is 1. The molecule has 3 nitrogen and oxygen atoms in total. The van der Waals surface area contributed by atoms with Gasteiger partial charge in [0, 0.05) is 17.0 Å². The second-order valence-corrected chi connectivity index (χ2v) is 8.87. The van der Waals surface area contributed by atoms with Gasteiger partial charge in [-0.05, 0) is 42.5 Å². The van der Waals surface area contributed by atoms with Gasteiger partial charge in [0.1, 0.15) is 15.6 Å². The predicted octanol–water partition coefficient (Wildman–Crippen LogP) is 4.60. The van der Waals surface area contributed by atoms with Gasteiger partial charge in [0.15, 0.2) is 0 Å². The van der Waals surface area contributed by atoms with Crippen LogP contribution in [0.1, 0.15) is 39.5 Å². The summed E-state index contributed by atoms with van der Waals surface area (Å²) in [7, 11) is -2.66. The van der Waals surface area contributed by atoms with E-state index in [0.717, 1.165) is 29.2 Å². The smallest absolute Gasteiger partial charge is 0.147 e. The number of benzene rings is 1. The lowest BCUT2D eigenvalue weighted by atomic mass is 9.81. The van der Waals surface area contributed by atoms with Gasteiger partial charge in [-0.2, -0.15) is 0 Å². The highest BCUT2D eigenvalue weighted by molar-refractivity contribution is 7.90. The first kappa shape index (κ1) is 19.3. The molecule has 0 saturated heterocycles. The van der Waals surface area contributed by atoms with Gasteiger partial charge in [0.2, 0.25) is 0 Å². The number of rotatable bonds is 4. The molecule has 0 heterocycles. The van der Waals surface area contributed by atoms with E-state index in [9.17, 15) is 8.42 Å². The molecular formula is C17H27ClO3S. The first-order chi connectivity index (χ1) is 10.3. The summed E-state index contributed by atoms with van der Waals surface area (Å²) in [5, 5.41) is 0.762. The van der Waals surface area contributed by atoms with Gasteiger partial charge in [-0.3, -0.25) is 0 Å². The van der Waals surface area contributed by atoms with Crippen molar-refractivity contribution in [1.82, 2.24) is 0 Å². The molecule has 1 fully saturated rings. The lowest BCUT2D eigenvalue weighted by Crippen LogP contribution is -2.23. The zero-order chi connectivity index (χ0) is 16.6. The number of sulfone groups is 1. The zero-order valence-corrected chi connectivity index (χ0v) is 15.3. The van der Waals surface area contributed by atoms with Crippen LogP contribution >= 0.6 is 11.6 Å². The fourth-order valence-corrected chi connectivity index (χ4v) is 2.50. The van der Waals surface area contributed by atoms with Crippen LogP contribution in [0.5, 0.6) is 5.75 Å². The van der Waals surface area contributed by atoms with Gasteiger partial charge in [-0.1, -0.05) is 44.7 Å². The molecule has 22 heavy (non-hydrogen) atoms. The molecule has 0 radical (unpaired) electrons. The molecule has 1 aromatic rings. The Balaban J connectivity index is 0.000000346. The third kappa shape index (κ3) is 8.04. The Morgan fingerprint density at radius 3 is 2.23 bits per heavy atom. The number of hydrogen-bond acceptors (Lipinski definition) is 3. The maximum absolute atomic E-state index is 10.0. The highest BCUT2D eigenvalue weighted by Gasteiger charge is 2.21. The molecule has 126 valence electrons. The summed E-state index contributed by atoms with van der Waals surface area (Å²) in [4.78, 5) is 0. The van der Waals surface area contributed by atoms with Crippen molar-refractivity contribution in [3.05, 3.63) is 29.3 Å². The molecule has 2 rings (SSSR count). The molecule has 2 atom stereocenters. The van der Waals surface area contributed by atoms with Gasteiger partial charge in [-0.25, -0.2) is 8.42 Å². The SMILES string of the molecule is CC1CCCC[C@@H]1COc1ccc(Cl)cc1.CCS(C)(=O)=O. The molecule has 0 bridgehead atoms. The summed E-state index contributed by atoms with van der Waals surface area (Å²) in [6, 6.07) is 7.63. The summed E-state index contributed by atoms with van der Waals surface area (Å²) in [6.45, 7) is 4.81. The normalized spacial score (nSPS) is 21.6. The van der Waals surface area contributed by atoms with E-state index >= 15 is 0 Å². The lowest BCUT2D eigenvalue weighted by Gasteiger charge is -2.28. The van der Waals surface area contributed by atoms with Crippen LogP contribution in [0.2, 0.25) is 5.02 Å². The molecule has 0 aliphatic heterocycles. The van der Waals surface area contributed by atoms with Crippen molar-refractivity contribution < 1.29 is 13.2 Å². The fourth-order valence-electron chi connectivity index (χ4n) is 2.37. The van der Waals surface area contributed by atoms with Crippen molar-refractivity contribution in [2.75, 3.05) is 18.6 Å². The minimum atomic E-state index is -2.66. The molecular weight excluding hydrogens is 320 g/mol. The van der Waals surface area contributed by atoms with E-state index in [2.05, 4.69) is 6.92 Å². The average Bonchev–Trinajstić information content (AvgIpc) is 2.48. The van der Waals surface area contributed by atoms with Crippen LogP contribution in [0.4, 0.5) is 0 Å². The summed E-state index contributed by atoms with van der Waals surface area (Å²) >= 11 is 5.83. The Bertz CT molecular complexity index is 525.